The molecule has 0 saturated carbocycles. The van der Waals surface area contributed by atoms with Gasteiger partial charge in [0.05, 0.1) is 18.8 Å². The van der Waals surface area contributed by atoms with E-state index >= 15 is 0 Å². The summed E-state index contributed by atoms with van der Waals surface area (Å²) in [5.41, 5.74) is 3.62. The summed E-state index contributed by atoms with van der Waals surface area (Å²) in [6, 6.07) is 23.5. The van der Waals surface area contributed by atoms with Crippen molar-refractivity contribution in [2.75, 3.05) is 6.54 Å². The molecule has 0 unspecified atom stereocenters. The maximum absolute atomic E-state index is 13.5. The second-order valence-electron chi connectivity index (χ2n) is 8.72. The van der Waals surface area contributed by atoms with Crippen LogP contribution in [-0.4, -0.2) is 18.8 Å². The Balaban J connectivity index is 1.62. The Hall–Kier alpha value is -2.85. The normalized spacial score (nSPS) is 12.2. The monoisotopic (exact) mass is 436 g/mol. The summed E-state index contributed by atoms with van der Waals surface area (Å²) in [5, 5.41) is 2.32. The molecule has 170 valence electrons. The number of quaternary nitrogens is 1. The second-order valence-corrected chi connectivity index (χ2v) is 8.72. The van der Waals surface area contributed by atoms with Crippen LogP contribution in [-0.2, 0) is 6.54 Å². The molecule has 0 amide bonds. The van der Waals surface area contributed by atoms with Gasteiger partial charge in [-0.1, -0.05) is 24.3 Å². The summed E-state index contributed by atoms with van der Waals surface area (Å²) in [6.45, 7) is 10.00. The number of hydrogen-bond donors (Lipinski definition) is 1. The minimum Gasteiger partial charge on any atom is -0.491 e. The highest BCUT2D eigenvalue weighted by atomic mass is 19.1. The molecule has 3 aromatic carbocycles. The smallest absolute Gasteiger partial charge is 0.123 e. The van der Waals surface area contributed by atoms with Gasteiger partial charge in [0.1, 0.15) is 23.9 Å². The van der Waals surface area contributed by atoms with E-state index in [0.29, 0.717) is 0 Å². The fraction of sp³-hybridized carbons (Fsp3) is 0.357. The summed E-state index contributed by atoms with van der Waals surface area (Å²) in [7, 11) is 0. The van der Waals surface area contributed by atoms with Crippen LogP contribution in [0.1, 0.15) is 56.7 Å². The summed E-state index contributed by atoms with van der Waals surface area (Å²) >= 11 is 0. The van der Waals surface area contributed by atoms with Crippen LogP contribution in [0.3, 0.4) is 0 Å². The first-order valence-corrected chi connectivity index (χ1v) is 11.5. The highest BCUT2D eigenvalue weighted by Crippen LogP contribution is 2.29. The van der Waals surface area contributed by atoms with Crippen LogP contribution in [0.15, 0.2) is 72.8 Å². The zero-order chi connectivity index (χ0) is 22.9. The minimum atomic E-state index is -0.204. The van der Waals surface area contributed by atoms with E-state index < -0.39 is 0 Å². The van der Waals surface area contributed by atoms with E-state index in [-0.39, 0.29) is 23.9 Å². The zero-order valence-electron chi connectivity index (χ0n) is 19.6. The van der Waals surface area contributed by atoms with Gasteiger partial charge in [0.15, 0.2) is 0 Å². The molecule has 2 N–H and O–H groups in total. The van der Waals surface area contributed by atoms with Gasteiger partial charge in [-0.15, -0.1) is 0 Å². The second kappa shape index (κ2) is 11.7. The summed E-state index contributed by atoms with van der Waals surface area (Å²) < 4.78 is 25.0. The van der Waals surface area contributed by atoms with Gasteiger partial charge in [-0.2, -0.15) is 0 Å². The van der Waals surface area contributed by atoms with Crippen molar-refractivity contribution in [2.45, 2.75) is 58.8 Å². The molecule has 0 radical (unpaired) electrons. The molecule has 0 spiro atoms. The number of nitrogens with two attached hydrogens (primary N) is 1. The number of benzene rings is 3. The van der Waals surface area contributed by atoms with Gasteiger partial charge >= 0.3 is 0 Å². The predicted octanol–water partition coefficient (Wildman–Crippen LogP) is 5.69. The van der Waals surface area contributed by atoms with Crippen LogP contribution in [0.5, 0.6) is 11.5 Å². The van der Waals surface area contributed by atoms with Crippen LogP contribution in [0, 0.1) is 5.82 Å². The Morgan fingerprint density at radius 3 is 1.66 bits per heavy atom. The molecule has 0 aromatic heterocycles. The van der Waals surface area contributed by atoms with Crippen molar-refractivity contribution < 1.29 is 19.2 Å². The van der Waals surface area contributed by atoms with Crippen LogP contribution in [0.25, 0.3) is 0 Å². The predicted molar refractivity (Wildman–Crippen MR) is 128 cm³/mol. The van der Waals surface area contributed by atoms with Gasteiger partial charge in [-0.25, -0.2) is 4.39 Å². The number of ether oxygens (including phenoxy) is 2. The summed E-state index contributed by atoms with van der Waals surface area (Å²) in [6.07, 6.45) is 1.29. The van der Waals surface area contributed by atoms with Crippen molar-refractivity contribution in [3.05, 3.63) is 95.3 Å². The van der Waals surface area contributed by atoms with Crippen LogP contribution in [0.2, 0.25) is 0 Å². The average Bonchev–Trinajstić information content (AvgIpc) is 2.76. The SMILES string of the molecule is CC(C)Oc1ccc(C[NH2+]CC[C@@H](c2ccc(F)cc2)c2ccc(OC(C)C)cc2)cc1. The quantitative estimate of drug-likeness (QED) is 0.392. The van der Waals surface area contributed by atoms with E-state index in [1.165, 1.54) is 11.1 Å². The van der Waals surface area contributed by atoms with E-state index in [0.717, 1.165) is 36.6 Å². The van der Waals surface area contributed by atoms with Crippen molar-refractivity contribution in [1.82, 2.24) is 0 Å². The van der Waals surface area contributed by atoms with Gasteiger partial charge in [-0.3, -0.25) is 0 Å². The lowest BCUT2D eigenvalue weighted by Crippen LogP contribution is -2.82. The van der Waals surface area contributed by atoms with E-state index in [1.54, 1.807) is 12.1 Å². The molecule has 32 heavy (non-hydrogen) atoms. The van der Waals surface area contributed by atoms with Crippen molar-refractivity contribution in [1.29, 1.82) is 0 Å². The molecule has 0 aliphatic heterocycles. The molecule has 0 aliphatic rings. The largest absolute Gasteiger partial charge is 0.491 e. The molecule has 1 atom stereocenters. The molecular weight excluding hydrogens is 401 g/mol. The molecule has 0 fully saturated rings. The molecule has 3 nitrogen and oxygen atoms in total. The Morgan fingerprint density at radius 2 is 1.16 bits per heavy atom. The molecule has 4 heteroatoms. The number of hydrogen-bond acceptors (Lipinski definition) is 2. The first-order chi connectivity index (χ1) is 15.4. The molecule has 0 saturated heterocycles. The summed E-state index contributed by atoms with van der Waals surface area (Å²) in [4.78, 5) is 0. The standard InChI is InChI=1S/C28H34FNO2/c1-20(2)31-26-13-5-22(6-14-26)19-30-18-17-28(23-7-11-25(29)12-8-23)24-9-15-27(16-10-24)32-21(3)4/h5-16,20-21,28,30H,17-19H2,1-4H3/p+1/t28-/m0/s1. The topological polar surface area (TPSA) is 35.1 Å². The van der Waals surface area contributed by atoms with Crippen molar-refractivity contribution in [3.63, 3.8) is 0 Å². The fourth-order valence-electron chi connectivity index (χ4n) is 3.80. The Morgan fingerprint density at radius 1 is 0.688 bits per heavy atom. The third-order valence-corrected chi connectivity index (χ3v) is 5.26. The molecule has 0 heterocycles. The Labute approximate surface area is 191 Å². The molecule has 3 rings (SSSR count). The van der Waals surface area contributed by atoms with Crippen molar-refractivity contribution in [3.8, 4) is 11.5 Å². The lowest BCUT2D eigenvalue weighted by atomic mass is 9.88. The lowest BCUT2D eigenvalue weighted by molar-refractivity contribution is -0.671. The van der Waals surface area contributed by atoms with E-state index in [9.17, 15) is 4.39 Å². The van der Waals surface area contributed by atoms with Gasteiger partial charge in [0, 0.05) is 17.9 Å². The molecule has 0 bridgehead atoms. The van der Waals surface area contributed by atoms with Gasteiger partial charge in [-0.05, 0) is 87.4 Å². The first kappa shape index (κ1) is 23.8. The maximum Gasteiger partial charge on any atom is 0.123 e. The minimum absolute atomic E-state index is 0.148. The van der Waals surface area contributed by atoms with Crippen LogP contribution in [0.4, 0.5) is 4.39 Å². The average molecular weight is 437 g/mol. The maximum atomic E-state index is 13.5. The zero-order valence-corrected chi connectivity index (χ0v) is 19.6. The van der Waals surface area contributed by atoms with Crippen molar-refractivity contribution >= 4 is 0 Å². The van der Waals surface area contributed by atoms with Gasteiger partial charge < -0.3 is 14.8 Å². The summed E-state index contributed by atoms with van der Waals surface area (Å²) in [5.74, 6) is 1.79. The Bertz CT molecular complexity index is 935. The fourth-order valence-corrected chi connectivity index (χ4v) is 3.80. The third-order valence-electron chi connectivity index (χ3n) is 5.26. The lowest BCUT2D eigenvalue weighted by Gasteiger charge is -2.18. The van der Waals surface area contributed by atoms with Crippen LogP contribution >= 0.6 is 0 Å². The molecular formula is C28H35FNO2+. The highest BCUT2D eigenvalue weighted by Gasteiger charge is 2.16. The third kappa shape index (κ3) is 7.38. The molecule has 3 aromatic rings. The first-order valence-electron chi connectivity index (χ1n) is 11.5. The number of rotatable bonds is 11. The van der Waals surface area contributed by atoms with Gasteiger partial charge in [0.2, 0.25) is 0 Å². The van der Waals surface area contributed by atoms with E-state index in [1.807, 2.05) is 64.1 Å². The van der Waals surface area contributed by atoms with E-state index in [4.69, 9.17) is 9.47 Å². The van der Waals surface area contributed by atoms with Gasteiger partial charge in [0.25, 0.3) is 0 Å². The van der Waals surface area contributed by atoms with Crippen LogP contribution < -0.4 is 14.8 Å². The molecule has 0 aliphatic carbocycles. The van der Waals surface area contributed by atoms with Crippen molar-refractivity contribution in [2.24, 2.45) is 0 Å². The van der Waals surface area contributed by atoms with E-state index in [2.05, 4.69) is 29.6 Å². The highest BCUT2D eigenvalue weighted by molar-refractivity contribution is 5.36. The number of halogens is 1. The Kier molecular flexibility index (Phi) is 8.69.